The first-order valence-corrected chi connectivity index (χ1v) is 8.05. The molecular weight excluding hydrogens is 304 g/mol. The molecule has 0 saturated carbocycles. The quantitative estimate of drug-likeness (QED) is 0.532. The van der Waals surface area contributed by atoms with Crippen molar-refractivity contribution >= 4 is 6.29 Å². The van der Waals surface area contributed by atoms with Crippen LogP contribution in [0.4, 0.5) is 0 Å². The van der Waals surface area contributed by atoms with Crippen LogP contribution < -0.4 is 14.2 Å². The van der Waals surface area contributed by atoms with Crippen molar-refractivity contribution in [3.8, 4) is 17.2 Å². The molecule has 4 nitrogen and oxygen atoms in total. The number of para-hydroxylation sites is 1. The van der Waals surface area contributed by atoms with Gasteiger partial charge in [-0.1, -0.05) is 32.0 Å². The molecule has 0 atom stereocenters. The number of ether oxygens (including phenoxy) is 3. The molecule has 24 heavy (non-hydrogen) atoms. The van der Waals surface area contributed by atoms with E-state index in [1.165, 1.54) is 5.56 Å². The Kier molecular flexibility index (Phi) is 6.24. The molecule has 0 aliphatic heterocycles. The number of hydrogen-bond acceptors (Lipinski definition) is 4. The maximum absolute atomic E-state index is 11.1. The first-order chi connectivity index (χ1) is 11.6. The summed E-state index contributed by atoms with van der Waals surface area (Å²) < 4.78 is 16.9. The topological polar surface area (TPSA) is 44.8 Å². The predicted molar refractivity (Wildman–Crippen MR) is 94.6 cm³/mol. The van der Waals surface area contributed by atoms with Gasteiger partial charge < -0.3 is 14.2 Å². The summed E-state index contributed by atoms with van der Waals surface area (Å²) in [5.41, 5.74) is 2.79. The zero-order chi connectivity index (χ0) is 17.5. The monoisotopic (exact) mass is 328 g/mol. The van der Waals surface area contributed by atoms with Crippen LogP contribution in [0.1, 0.15) is 41.3 Å². The lowest BCUT2D eigenvalue weighted by Gasteiger charge is -2.16. The van der Waals surface area contributed by atoms with Crippen molar-refractivity contribution in [2.45, 2.75) is 26.7 Å². The number of aldehydes is 1. The Hall–Kier alpha value is -2.49. The van der Waals surface area contributed by atoms with Crippen molar-refractivity contribution in [3.63, 3.8) is 0 Å². The molecule has 0 aliphatic carbocycles. The SMILES string of the molecule is COc1cccc(C=O)c1OCCOc1cc(C)ccc1C(C)C. The summed E-state index contributed by atoms with van der Waals surface area (Å²) in [6.07, 6.45) is 0.760. The van der Waals surface area contributed by atoms with Crippen molar-refractivity contribution < 1.29 is 19.0 Å². The molecule has 0 N–H and O–H groups in total. The third-order valence-electron chi connectivity index (χ3n) is 3.73. The molecule has 0 radical (unpaired) electrons. The van der Waals surface area contributed by atoms with Crippen LogP contribution in [0.2, 0.25) is 0 Å². The van der Waals surface area contributed by atoms with Crippen LogP contribution in [-0.2, 0) is 0 Å². The molecule has 2 aromatic carbocycles. The van der Waals surface area contributed by atoms with Crippen molar-refractivity contribution in [1.82, 2.24) is 0 Å². The zero-order valence-electron chi connectivity index (χ0n) is 14.7. The Bertz CT molecular complexity index is 692. The lowest BCUT2D eigenvalue weighted by atomic mass is 10.0. The van der Waals surface area contributed by atoms with E-state index in [-0.39, 0.29) is 0 Å². The molecule has 128 valence electrons. The van der Waals surface area contributed by atoms with Gasteiger partial charge in [0.2, 0.25) is 0 Å². The fraction of sp³-hybridized carbons (Fsp3) is 0.350. The van der Waals surface area contributed by atoms with E-state index in [9.17, 15) is 4.79 Å². The lowest BCUT2D eigenvalue weighted by Crippen LogP contribution is -2.12. The van der Waals surface area contributed by atoms with Gasteiger partial charge in [-0.3, -0.25) is 4.79 Å². The van der Waals surface area contributed by atoms with Crippen LogP contribution in [0.3, 0.4) is 0 Å². The number of aryl methyl sites for hydroxylation is 1. The number of methoxy groups -OCH3 is 1. The van der Waals surface area contributed by atoms with Crippen molar-refractivity contribution in [1.29, 1.82) is 0 Å². The highest BCUT2D eigenvalue weighted by atomic mass is 16.5. The van der Waals surface area contributed by atoms with Crippen LogP contribution in [0.5, 0.6) is 17.2 Å². The molecule has 2 aromatic rings. The van der Waals surface area contributed by atoms with E-state index in [2.05, 4.69) is 26.0 Å². The number of hydrogen-bond donors (Lipinski definition) is 0. The van der Waals surface area contributed by atoms with Crippen LogP contribution in [-0.4, -0.2) is 26.6 Å². The fourth-order valence-electron chi connectivity index (χ4n) is 2.48. The summed E-state index contributed by atoms with van der Waals surface area (Å²) in [6, 6.07) is 11.4. The van der Waals surface area contributed by atoms with E-state index in [1.54, 1.807) is 25.3 Å². The van der Waals surface area contributed by atoms with Crippen LogP contribution in [0.15, 0.2) is 36.4 Å². The molecular formula is C20H24O4. The molecule has 4 heteroatoms. The molecule has 0 bridgehead atoms. The van der Waals surface area contributed by atoms with Crippen molar-refractivity contribution in [2.75, 3.05) is 20.3 Å². The lowest BCUT2D eigenvalue weighted by molar-refractivity contribution is 0.111. The minimum Gasteiger partial charge on any atom is -0.493 e. The van der Waals surface area contributed by atoms with Gasteiger partial charge in [0, 0.05) is 0 Å². The normalized spacial score (nSPS) is 10.5. The molecule has 0 saturated heterocycles. The van der Waals surface area contributed by atoms with Crippen LogP contribution >= 0.6 is 0 Å². The van der Waals surface area contributed by atoms with Gasteiger partial charge in [0.05, 0.1) is 12.7 Å². The number of benzene rings is 2. The molecule has 0 aliphatic rings. The van der Waals surface area contributed by atoms with Crippen molar-refractivity contribution in [2.24, 2.45) is 0 Å². The van der Waals surface area contributed by atoms with E-state index in [4.69, 9.17) is 14.2 Å². The third kappa shape index (κ3) is 4.28. The number of carbonyl (C=O) groups is 1. The van der Waals surface area contributed by atoms with Crippen LogP contribution in [0, 0.1) is 6.92 Å². The largest absolute Gasteiger partial charge is 0.493 e. The standard InChI is InChI=1S/C20H24O4/c1-14(2)17-9-8-15(3)12-19(17)23-10-11-24-20-16(13-21)6-5-7-18(20)22-4/h5-9,12-14H,10-11H2,1-4H3. The van der Waals surface area contributed by atoms with E-state index in [0.717, 1.165) is 17.6 Å². The summed E-state index contributed by atoms with van der Waals surface area (Å²) in [5, 5.41) is 0. The second-order valence-electron chi connectivity index (χ2n) is 5.89. The summed E-state index contributed by atoms with van der Waals surface area (Å²) >= 11 is 0. The zero-order valence-corrected chi connectivity index (χ0v) is 14.7. The third-order valence-corrected chi connectivity index (χ3v) is 3.73. The number of rotatable bonds is 8. The average molecular weight is 328 g/mol. The summed E-state index contributed by atoms with van der Waals surface area (Å²) in [5.74, 6) is 2.26. The fourth-order valence-corrected chi connectivity index (χ4v) is 2.48. The molecule has 0 heterocycles. The first kappa shape index (κ1) is 17.9. The number of carbonyl (C=O) groups excluding carboxylic acids is 1. The van der Waals surface area contributed by atoms with Gasteiger partial charge in [-0.05, 0) is 42.2 Å². The van der Waals surface area contributed by atoms with Gasteiger partial charge in [0.15, 0.2) is 17.8 Å². The van der Waals surface area contributed by atoms with Gasteiger partial charge in [-0.25, -0.2) is 0 Å². The minimum atomic E-state index is 0.326. The van der Waals surface area contributed by atoms with Gasteiger partial charge >= 0.3 is 0 Å². The average Bonchev–Trinajstić information content (AvgIpc) is 2.58. The van der Waals surface area contributed by atoms with E-state index >= 15 is 0 Å². The minimum absolute atomic E-state index is 0.326. The Labute approximate surface area is 143 Å². The second-order valence-corrected chi connectivity index (χ2v) is 5.89. The predicted octanol–water partition coefficient (Wildman–Crippen LogP) is 4.40. The maximum atomic E-state index is 11.1. The molecule has 2 rings (SSSR count). The summed E-state index contributed by atoms with van der Waals surface area (Å²) in [4.78, 5) is 11.1. The second kappa shape index (κ2) is 8.39. The Morgan fingerprint density at radius 3 is 2.46 bits per heavy atom. The molecule has 0 spiro atoms. The van der Waals surface area contributed by atoms with Crippen LogP contribution in [0.25, 0.3) is 0 Å². The molecule has 0 aromatic heterocycles. The Morgan fingerprint density at radius 2 is 1.79 bits per heavy atom. The highest BCUT2D eigenvalue weighted by molar-refractivity contribution is 5.81. The van der Waals surface area contributed by atoms with Gasteiger partial charge in [-0.15, -0.1) is 0 Å². The van der Waals surface area contributed by atoms with Crippen molar-refractivity contribution in [3.05, 3.63) is 53.1 Å². The Morgan fingerprint density at radius 1 is 1.04 bits per heavy atom. The Balaban J connectivity index is 2.02. The highest BCUT2D eigenvalue weighted by Crippen LogP contribution is 2.30. The first-order valence-electron chi connectivity index (χ1n) is 8.05. The highest BCUT2D eigenvalue weighted by Gasteiger charge is 2.11. The van der Waals surface area contributed by atoms with Gasteiger partial charge in [0.25, 0.3) is 0 Å². The van der Waals surface area contributed by atoms with Gasteiger partial charge in [0.1, 0.15) is 19.0 Å². The maximum Gasteiger partial charge on any atom is 0.171 e. The van der Waals surface area contributed by atoms with E-state index in [0.29, 0.717) is 36.2 Å². The molecule has 0 unspecified atom stereocenters. The van der Waals surface area contributed by atoms with E-state index < -0.39 is 0 Å². The summed E-state index contributed by atoms with van der Waals surface area (Å²) in [6.45, 7) is 7.03. The molecule has 0 fully saturated rings. The smallest absolute Gasteiger partial charge is 0.171 e. The van der Waals surface area contributed by atoms with Gasteiger partial charge in [-0.2, -0.15) is 0 Å². The molecule has 0 amide bonds. The summed E-state index contributed by atoms with van der Waals surface area (Å²) in [7, 11) is 1.55. The van der Waals surface area contributed by atoms with E-state index in [1.807, 2.05) is 13.0 Å².